The van der Waals surface area contributed by atoms with Crippen molar-refractivity contribution in [3.8, 4) is 0 Å². The molecule has 2 bridgehead atoms. The molecular formula is C9H14O3. The number of aliphatic hydroxyl groups is 1. The van der Waals surface area contributed by atoms with Crippen LogP contribution in [-0.4, -0.2) is 29.7 Å². The molecular weight excluding hydrogens is 156 g/mol. The van der Waals surface area contributed by atoms with Crippen molar-refractivity contribution in [2.24, 2.45) is 11.8 Å². The number of fused-ring (bicyclic) bond motifs is 1. The molecule has 0 aliphatic carbocycles. The summed E-state index contributed by atoms with van der Waals surface area (Å²) < 4.78 is 11.1. The first-order chi connectivity index (χ1) is 5.72. The zero-order valence-corrected chi connectivity index (χ0v) is 7.19. The highest BCUT2D eigenvalue weighted by molar-refractivity contribution is 5.09. The largest absolute Gasteiger partial charge is 0.369 e. The van der Waals surface area contributed by atoms with Crippen LogP contribution in [0.15, 0.2) is 0 Å². The third-order valence-electron chi connectivity index (χ3n) is 3.81. The first-order valence-electron chi connectivity index (χ1n) is 4.70. The lowest BCUT2D eigenvalue weighted by Crippen LogP contribution is -2.41. The molecule has 3 nitrogen and oxygen atoms in total. The van der Waals surface area contributed by atoms with E-state index in [9.17, 15) is 5.11 Å². The number of rotatable bonds is 0. The van der Waals surface area contributed by atoms with Crippen molar-refractivity contribution in [1.29, 1.82) is 0 Å². The van der Waals surface area contributed by atoms with Crippen molar-refractivity contribution in [3.05, 3.63) is 0 Å². The van der Waals surface area contributed by atoms with Gasteiger partial charge in [-0.2, -0.15) is 0 Å². The molecule has 68 valence electrons. The molecule has 0 unspecified atom stereocenters. The van der Waals surface area contributed by atoms with Gasteiger partial charge >= 0.3 is 0 Å². The summed E-state index contributed by atoms with van der Waals surface area (Å²) in [6.45, 7) is 2.80. The van der Waals surface area contributed by atoms with Gasteiger partial charge in [0.1, 0.15) is 5.60 Å². The van der Waals surface area contributed by atoms with Gasteiger partial charge in [-0.05, 0) is 18.8 Å². The van der Waals surface area contributed by atoms with Crippen LogP contribution >= 0.6 is 0 Å². The molecule has 3 heteroatoms. The van der Waals surface area contributed by atoms with E-state index in [2.05, 4.69) is 6.92 Å². The van der Waals surface area contributed by atoms with Gasteiger partial charge in [0, 0.05) is 5.92 Å². The highest BCUT2D eigenvalue weighted by Gasteiger charge is 2.63. The lowest BCUT2D eigenvalue weighted by atomic mass is 9.73. The Hall–Kier alpha value is -0.120. The Morgan fingerprint density at radius 2 is 2.25 bits per heavy atom. The minimum atomic E-state index is -0.572. The smallest absolute Gasteiger partial charge is 0.160 e. The summed E-state index contributed by atoms with van der Waals surface area (Å²) in [5, 5.41) is 9.53. The third kappa shape index (κ3) is 0.640. The van der Waals surface area contributed by atoms with Crippen molar-refractivity contribution in [2.45, 2.75) is 37.8 Å². The highest BCUT2D eigenvalue weighted by Crippen LogP contribution is 2.55. The van der Waals surface area contributed by atoms with E-state index in [-0.39, 0.29) is 11.5 Å². The Morgan fingerprint density at radius 1 is 1.42 bits per heavy atom. The molecule has 0 aromatic rings. The molecule has 3 fully saturated rings. The average Bonchev–Trinajstić information content (AvgIpc) is 2.60. The molecule has 3 heterocycles. The van der Waals surface area contributed by atoms with Crippen LogP contribution in [-0.2, 0) is 9.47 Å². The summed E-state index contributed by atoms with van der Waals surface area (Å²) in [7, 11) is 0. The first-order valence-corrected chi connectivity index (χ1v) is 4.70. The number of hydrogen-bond donors (Lipinski definition) is 1. The molecule has 12 heavy (non-hydrogen) atoms. The van der Waals surface area contributed by atoms with E-state index in [1.807, 2.05) is 0 Å². The Morgan fingerprint density at radius 3 is 2.92 bits per heavy atom. The number of ether oxygens (including phenoxy) is 2. The summed E-state index contributed by atoms with van der Waals surface area (Å²) in [6, 6.07) is 0. The van der Waals surface area contributed by atoms with E-state index < -0.39 is 6.29 Å². The zero-order chi connectivity index (χ0) is 8.34. The molecule has 3 saturated heterocycles. The lowest BCUT2D eigenvalue weighted by molar-refractivity contribution is -0.0876. The minimum absolute atomic E-state index is 0.121. The van der Waals surface area contributed by atoms with Gasteiger partial charge < -0.3 is 14.6 Å². The lowest BCUT2D eigenvalue weighted by Gasteiger charge is -2.29. The molecule has 0 aromatic carbocycles. The first kappa shape index (κ1) is 7.30. The summed E-state index contributed by atoms with van der Waals surface area (Å²) in [4.78, 5) is 0. The molecule has 0 saturated carbocycles. The predicted molar refractivity (Wildman–Crippen MR) is 41.5 cm³/mol. The normalized spacial score (nSPS) is 62.5. The van der Waals surface area contributed by atoms with E-state index >= 15 is 0 Å². The fraction of sp³-hybridized carbons (Fsp3) is 1.00. The molecule has 3 aliphatic rings. The number of hydrogen-bond acceptors (Lipinski definition) is 3. The summed E-state index contributed by atoms with van der Waals surface area (Å²) >= 11 is 0. The van der Waals surface area contributed by atoms with E-state index in [4.69, 9.17) is 9.47 Å². The average molecular weight is 170 g/mol. The van der Waals surface area contributed by atoms with Crippen LogP contribution in [0.3, 0.4) is 0 Å². The molecule has 3 aliphatic heterocycles. The van der Waals surface area contributed by atoms with Crippen LogP contribution in [0.1, 0.15) is 19.8 Å². The maximum Gasteiger partial charge on any atom is 0.160 e. The quantitative estimate of drug-likeness (QED) is 0.576. The zero-order valence-electron chi connectivity index (χ0n) is 7.19. The second-order valence-corrected chi connectivity index (χ2v) is 4.38. The van der Waals surface area contributed by atoms with E-state index in [0.29, 0.717) is 18.6 Å². The SMILES string of the molecule is C[C@H]1C[C@H]2C[C@@H]3[C@@H](O)OC[C@]31O2. The second kappa shape index (κ2) is 2.03. The van der Waals surface area contributed by atoms with Gasteiger partial charge in [-0.3, -0.25) is 0 Å². The van der Waals surface area contributed by atoms with Crippen molar-refractivity contribution < 1.29 is 14.6 Å². The van der Waals surface area contributed by atoms with E-state index in [0.717, 1.165) is 12.8 Å². The van der Waals surface area contributed by atoms with Gasteiger partial charge in [-0.25, -0.2) is 0 Å². The van der Waals surface area contributed by atoms with Crippen LogP contribution in [0.5, 0.6) is 0 Å². The summed E-state index contributed by atoms with van der Waals surface area (Å²) in [5.41, 5.74) is -0.121. The van der Waals surface area contributed by atoms with E-state index in [1.54, 1.807) is 0 Å². The molecule has 0 aromatic heterocycles. The molecule has 1 spiro atoms. The van der Waals surface area contributed by atoms with Gasteiger partial charge in [0.25, 0.3) is 0 Å². The van der Waals surface area contributed by atoms with Crippen LogP contribution in [0.2, 0.25) is 0 Å². The topological polar surface area (TPSA) is 38.7 Å². The maximum absolute atomic E-state index is 9.53. The number of aliphatic hydroxyl groups excluding tert-OH is 1. The minimum Gasteiger partial charge on any atom is -0.369 e. The maximum atomic E-state index is 9.53. The van der Waals surface area contributed by atoms with Crippen LogP contribution in [0.4, 0.5) is 0 Å². The summed E-state index contributed by atoms with van der Waals surface area (Å²) in [5.74, 6) is 0.796. The van der Waals surface area contributed by atoms with Gasteiger partial charge in [-0.15, -0.1) is 0 Å². The highest BCUT2D eigenvalue weighted by atomic mass is 16.6. The Kier molecular flexibility index (Phi) is 1.23. The van der Waals surface area contributed by atoms with Crippen molar-refractivity contribution in [2.75, 3.05) is 6.61 Å². The fourth-order valence-corrected chi connectivity index (χ4v) is 3.12. The van der Waals surface area contributed by atoms with Crippen molar-refractivity contribution in [1.82, 2.24) is 0 Å². The molecule has 3 rings (SSSR count). The summed E-state index contributed by atoms with van der Waals surface area (Å²) in [6.07, 6.45) is 1.96. The Balaban J connectivity index is 1.99. The third-order valence-corrected chi connectivity index (χ3v) is 3.81. The van der Waals surface area contributed by atoms with Crippen LogP contribution < -0.4 is 0 Å². The standard InChI is InChI=1S/C9H14O3/c1-5-2-6-3-7-8(10)11-4-9(5,7)12-6/h5-8,10H,2-4H2,1H3/t5-,6-,7+,8-,9+/m0/s1. The fourth-order valence-electron chi connectivity index (χ4n) is 3.12. The molecule has 1 N–H and O–H groups in total. The van der Waals surface area contributed by atoms with Crippen LogP contribution in [0.25, 0.3) is 0 Å². The van der Waals surface area contributed by atoms with Crippen LogP contribution in [0, 0.1) is 11.8 Å². The Bertz CT molecular complexity index is 218. The van der Waals surface area contributed by atoms with E-state index in [1.165, 1.54) is 0 Å². The van der Waals surface area contributed by atoms with Gasteiger partial charge in [-0.1, -0.05) is 6.92 Å². The van der Waals surface area contributed by atoms with Gasteiger partial charge in [0.2, 0.25) is 0 Å². The van der Waals surface area contributed by atoms with Crippen molar-refractivity contribution in [3.63, 3.8) is 0 Å². The monoisotopic (exact) mass is 170 g/mol. The molecule has 5 atom stereocenters. The molecule has 0 radical (unpaired) electrons. The van der Waals surface area contributed by atoms with Gasteiger partial charge in [0.05, 0.1) is 12.7 Å². The predicted octanol–water partition coefficient (Wildman–Crippen LogP) is 0.519. The Labute approximate surface area is 71.7 Å². The molecule has 0 amide bonds. The van der Waals surface area contributed by atoms with Gasteiger partial charge in [0.15, 0.2) is 6.29 Å². The second-order valence-electron chi connectivity index (χ2n) is 4.38. The van der Waals surface area contributed by atoms with Crippen molar-refractivity contribution >= 4 is 0 Å².